The number of carbonyl (C=O) groups excluding carboxylic acids is 3. The summed E-state index contributed by atoms with van der Waals surface area (Å²) >= 11 is 0. The minimum absolute atomic E-state index is 0.117. The standard InChI is InChI=1S/C15H17FN4O5/c16-11-6-5-10(8-12(11)20(24)25)15(23)18-17-13(21)9-19-7-3-1-2-4-14(19)22/h5-6,8H,1-4,7,9H2,(H,17,21)(H,18,23). The van der Waals surface area contributed by atoms with E-state index >= 15 is 0 Å². The summed E-state index contributed by atoms with van der Waals surface area (Å²) < 4.78 is 13.2. The van der Waals surface area contributed by atoms with Crippen molar-refractivity contribution in [2.24, 2.45) is 0 Å². The first-order valence-electron chi connectivity index (χ1n) is 7.69. The lowest BCUT2D eigenvalue weighted by atomic mass is 10.2. The van der Waals surface area contributed by atoms with Gasteiger partial charge in [0.05, 0.1) is 4.92 Å². The Hall–Kier alpha value is -3.04. The Bertz CT molecular complexity index is 709. The van der Waals surface area contributed by atoms with Gasteiger partial charge in [-0.3, -0.25) is 35.3 Å². The summed E-state index contributed by atoms with van der Waals surface area (Å²) in [6.07, 6.45) is 2.91. The number of rotatable bonds is 4. The van der Waals surface area contributed by atoms with E-state index in [9.17, 15) is 28.9 Å². The second kappa shape index (κ2) is 8.18. The highest BCUT2D eigenvalue weighted by Gasteiger charge is 2.20. The summed E-state index contributed by atoms with van der Waals surface area (Å²) in [6, 6.07) is 2.63. The number of hydrogen-bond acceptors (Lipinski definition) is 5. The summed E-state index contributed by atoms with van der Waals surface area (Å²) in [5, 5.41) is 10.7. The lowest BCUT2D eigenvalue weighted by Crippen LogP contribution is -2.47. The minimum atomic E-state index is -1.06. The van der Waals surface area contributed by atoms with Crippen molar-refractivity contribution in [2.75, 3.05) is 13.1 Å². The van der Waals surface area contributed by atoms with Crippen LogP contribution in [-0.2, 0) is 9.59 Å². The van der Waals surface area contributed by atoms with Crippen molar-refractivity contribution in [3.05, 3.63) is 39.7 Å². The highest BCUT2D eigenvalue weighted by molar-refractivity contribution is 5.96. The molecule has 3 amide bonds. The van der Waals surface area contributed by atoms with Crippen LogP contribution in [-0.4, -0.2) is 40.6 Å². The molecule has 1 aliphatic heterocycles. The number of hydrogen-bond donors (Lipinski definition) is 2. The molecule has 2 rings (SSSR count). The molecule has 1 fully saturated rings. The van der Waals surface area contributed by atoms with E-state index in [-0.39, 0.29) is 18.0 Å². The van der Waals surface area contributed by atoms with Crippen LogP contribution in [0, 0.1) is 15.9 Å². The zero-order valence-electron chi connectivity index (χ0n) is 13.3. The van der Waals surface area contributed by atoms with Crippen LogP contribution in [0.3, 0.4) is 0 Å². The van der Waals surface area contributed by atoms with Gasteiger partial charge < -0.3 is 4.90 Å². The molecule has 0 aromatic heterocycles. The van der Waals surface area contributed by atoms with Gasteiger partial charge in [-0.2, -0.15) is 4.39 Å². The monoisotopic (exact) mass is 352 g/mol. The number of nitro benzene ring substituents is 1. The Kier molecular flexibility index (Phi) is 5.98. The third kappa shape index (κ3) is 4.96. The maximum Gasteiger partial charge on any atom is 0.305 e. The molecule has 0 radical (unpaired) electrons. The van der Waals surface area contributed by atoms with Crippen LogP contribution in [0.5, 0.6) is 0 Å². The number of nitrogens with one attached hydrogen (secondary N) is 2. The molecule has 0 aliphatic carbocycles. The van der Waals surface area contributed by atoms with Crippen LogP contribution in [0.4, 0.5) is 10.1 Å². The quantitative estimate of drug-likeness (QED) is 0.616. The molecular weight excluding hydrogens is 335 g/mol. The lowest BCUT2D eigenvalue weighted by Gasteiger charge is -2.19. The second-order valence-electron chi connectivity index (χ2n) is 5.55. The maximum absolute atomic E-state index is 13.2. The highest BCUT2D eigenvalue weighted by atomic mass is 19.1. The van der Waals surface area contributed by atoms with Crippen molar-refractivity contribution in [1.29, 1.82) is 0 Å². The Balaban J connectivity index is 1.91. The van der Waals surface area contributed by atoms with Gasteiger partial charge in [0.1, 0.15) is 6.54 Å². The van der Waals surface area contributed by atoms with E-state index in [0.29, 0.717) is 13.0 Å². The van der Waals surface area contributed by atoms with Gasteiger partial charge in [-0.15, -0.1) is 0 Å². The predicted octanol–water partition coefficient (Wildman–Crippen LogP) is 0.898. The number of likely N-dealkylation sites (tertiary alicyclic amines) is 1. The maximum atomic E-state index is 13.2. The summed E-state index contributed by atoms with van der Waals surface area (Å²) in [4.78, 5) is 46.7. The van der Waals surface area contributed by atoms with Crippen LogP contribution < -0.4 is 10.9 Å². The predicted molar refractivity (Wildman–Crippen MR) is 83.7 cm³/mol. The number of nitrogens with zero attached hydrogens (tertiary/aromatic N) is 2. The molecule has 1 aliphatic rings. The number of nitro groups is 1. The second-order valence-corrected chi connectivity index (χ2v) is 5.55. The molecule has 0 bridgehead atoms. The van der Waals surface area contributed by atoms with Crippen LogP contribution >= 0.6 is 0 Å². The van der Waals surface area contributed by atoms with Crippen molar-refractivity contribution in [3.63, 3.8) is 0 Å². The summed E-state index contributed by atoms with van der Waals surface area (Å²) in [5.74, 6) is -2.61. The molecule has 1 aromatic carbocycles. The number of halogens is 1. The molecule has 0 unspecified atom stereocenters. The smallest absolute Gasteiger partial charge is 0.305 e. The van der Waals surface area contributed by atoms with Gasteiger partial charge in [-0.05, 0) is 25.0 Å². The van der Waals surface area contributed by atoms with E-state index < -0.39 is 28.2 Å². The van der Waals surface area contributed by atoms with Crippen LogP contribution in [0.1, 0.15) is 36.0 Å². The van der Waals surface area contributed by atoms with E-state index in [1.807, 2.05) is 0 Å². The van der Waals surface area contributed by atoms with Crippen molar-refractivity contribution in [1.82, 2.24) is 15.8 Å². The fraction of sp³-hybridized carbons (Fsp3) is 0.400. The van der Waals surface area contributed by atoms with Crippen molar-refractivity contribution < 1.29 is 23.7 Å². The molecule has 1 aromatic rings. The molecule has 0 atom stereocenters. The molecule has 10 heteroatoms. The average molecular weight is 352 g/mol. The van der Waals surface area contributed by atoms with Gasteiger partial charge in [0.25, 0.3) is 11.8 Å². The zero-order valence-corrected chi connectivity index (χ0v) is 13.3. The SMILES string of the molecule is O=C(CN1CCCCCC1=O)NNC(=O)c1ccc(F)c([N+](=O)[O-])c1. The van der Waals surface area contributed by atoms with E-state index in [1.165, 1.54) is 4.90 Å². The first-order chi connectivity index (χ1) is 11.9. The molecule has 25 heavy (non-hydrogen) atoms. The average Bonchev–Trinajstić information content (AvgIpc) is 2.77. The Labute approximate surface area is 142 Å². The van der Waals surface area contributed by atoms with Crippen LogP contribution in [0.15, 0.2) is 18.2 Å². The summed E-state index contributed by atoms with van der Waals surface area (Å²) in [7, 11) is 0. The summed E-state index contributed by atoms with van der Waals surface area (Å²) in [5.41, 5.74) is 3.20. The lowest BCUT2D eigenvalue weighted by molar-refractivity contribution is -0.387. The van der Waals surface area contributed by atoms with Crippen molar-refractivity contribution >= 4 is 23.4 Å². The molecule has 0 spiro atoms. The fourth-order valence-electron chi connectivity index (χ4n) is 2.41. The van der Waals surface area contributed by atoms with Crippen molar-refractivity contribution in [2.45, 2.75) is 25.7 Å². The van der Waals surface area contributed by atoms with E-state index in [0.717, 1.165) is 37.5 Å². The largest absolute Gasteiger partial charge is 0.333 e. The van der Waals surface area contributed by atoms with Gasteiger partial charge in [-0.1, -0.05) is 6.42 Å². The molecular formula is C15H17FN4O5. The van der Waals surface area contributed by atoms with Gasteiger partial charge in [0.15, 0.2) is 0 Å². The molecule has 1 saturated heterocycles. The van der Waals surface area contributed by atoms with E-state index in [1.54, 1.807) is 0 Å². The normalized spacial score (nSPS) is 14.6. The third-order valence-electron chi connectivity index (χ3n) is 3.73. The van der Waals surface area contributed by atoms with Crippen molar-refractivity contribution in [3.8, 4) is 0 Å². The zero-order chi connectivity index (χ0) is 18.4. The fourth-order valence-corrected chi connectivity index (χ4v) is 2.41. The van der Waals surface area contributed by atoms with Gasteiger partial charge in [0.2, 0.25) is 11.7 Å². The summed E-state index contributed by atoms with van der Waals surface area (Å²) in [6.45, 7) is 0.285. The molecule has 0 saturated carbocycles. The molecule has 2 N–H and O–H groups in total. The Morgan fingerprint density at radius 3 is 2.72 bits per heavy atom. The van der Waals surface area contributed by atoms with Gasteiger partial charge in [0, 0.05) is 24.6 Å². The first kappa shape index (κ1) is 18.3. The molecule has 134 valence electrons. The van der Waals surface area contributed by atoms with Gasteiger partial charge in [-0.25, -0.2) is 0 Å². The highest BCUT2D eigenvalue weighted by Crippen LogP contribution is 2.18. The number of hydrazine groups is 1. The van der Waals surface area contributed by atoms with Gasteiger partial charge >= 0.3 is 5.69 Å². The van der Waals surface area contributed by atoms with E-state index in [4.69, 9.17) is 0 Å². The Morgan fingerprint density at radius 1 is 1.24 bits per heavy atom. The molecule has 1 heterocycles. The number of amides is 3. The third-order valence-corrected chi connectivity index (χ3v) is 3.73. The Morgan fingerprint density at radius 2 is 2.00 bits per heavy atom. The number of carbonyl (C=O) groups is 3. The van der Waals surface area contributed by atoms with Crippen LogP contribution in [0.2, 0.25) is 0 Å². The topological polar surface area (TPSA) is 122 Å². The molecule has 9 nitrogen and oxygen atoms in total. The first-order valence-corrected chi connectivity index (χ1v) is 7.69. The minimum Gasteiger partial charge on any atom is -0.333 e. The van der Waals surface area contributed by atoms with Crippen LogP contribution in [0.25, 0.3) is 0 Å². The van der Waals surface area contributed by atoms with E-state index in [2.05, 4.69) is 10.9 Å². The number of benzene rings is 1.